The minimum absolute atomic E-state index is 0.0230. The molecule has 1 N–H and O–H groups in total. The molecule has 1 aliphatic rings. The van der Waals surface area contributed by atoms with Crippen molar-refractivity contribution in [2.45, 2.75) is 52.0 Å². The van der Waals surface area contributed by atoms with Crippen LogP contribution in [0.5, 0.6) is 0 Å². The number of urea groups is 1. The highest BCUT2D eigenvalue weighted by Gasteiger charge is 2.23. The van der Waals surface area contributed by atoms with Crippen molar-refractivity contribution in [1.29, 1.82) is 5.26 Å². The molecule has 2 rings (SSSR count). The van der Waals surface area contributed by atoms with E-state index in [1.807, 2.05) is 11.8 Å². The zero-order valence-corrected chi connectivity index (χ0v) is 14.6. The second kappa shape index (κ2) is 7.04. The number of hydrogen-bond acceptors (Lipinski definition) is 2. The van der Waals surface area contributed by atoms with Crippen LogP contribution in [-0.2, 0) is 5.41 Å². The summed E-state index contributed by atoms with van der Waals surface area (Å²) in [7, 11) is 0. The standard InChI is InChI=1S/C19H27N3O/c1-14(16-5-7-17(8-6-16)19(2,3)4)21-18(23)22-11-9-15(13-20)10-12-22/h5-8,14-15H,9-12H2,1-4H3,(H,21,23). The molecule has 0 aliphatic carbocycles. The van der Waals surface area contributed by atoms with E-state index in [1.165, 1.54) is 5.56 Å². The van der Waals surface area contributed by atoms with Crippen molar-refractivity contribution in [3.05, 3.63) is 35.4 Å². The Bertz CT molecular complexity index is 572. The lowest BCUT2D eigenvalue weighted by Crippen LogP contribution is -2.45. The summed E-state index contributed by atoms with van der Waals surface area (Å²) in [5.41, 5.74) is 2.53. The summed E-state index contributed by atoms with van der Waals surface area (Å²) in [4.78, 5) is 14.1. The monoisotopic (exact) mass is 313 g/mol. The van der Waals surface area contributed by atoms with Crippen molar-refractivity contribution >= 4 is 6.03 Å². The van der Waals surface area contributed by atoms with E-state index >= 15 is 0 Å². The van der Waals surface area contributed by atoms with Crippen LogP contribution >= 0.6 is 0 Å². The first kappa shape index (κ1) is 17.3. The molecule has 4 heteroatoms. The van der Waals surface area contributed by atoms with Gasteiger partial charge in [-0.3, -0.25) is 0 Å². The molecule has 1 heterocycles. The number of nitrogens with one attached hydrogen (secondary N) is 1. The molecule has 124 valence electrons. The van der Waals surface area contributed by atoms with Crippen LogP contribution in [0.25, 0.3) is 0 Å². The number of amides is 2. The fourth-order valence-corrected chi connectivity index (χ4v) is 2.84. The zero-order valence-electron chi connectivity index (χ0n) is 14.6. The quantitative estimate of drug-likeness (QED) is 0.897. The van der Waals surface area contributed by atoms with Crippen LogP contribution in [0.2, 0.25) is 0 Å². The first-order valence-electron chi connectivity index (χ1n) is 8.37. The van der Waals surface area contributed by atoms with Gasteiger partial charge < -0.3 is 10.2 Å². The van der Waals surface area contributed by atoms with Gasteiger partial charge in [0.15, 0.2) is 0 Å². The van der Waals surface area contributed by atoms with Gasteiger partial charge in [-0.15, -0.1) is 0 Å². The van der Waals surface area contributed by atoms with Gasteiger partial charge in [0.1, 0.15) is 0 Å². The molecule has 0 bridgehead atoms. The first-order chi connectivity index (χ1) is 10.8. The lowest BCUT2D eigenvalue weighted by Gasteiger charge is -2.30. The molecule has 4 nitrogen and oxygen atoms in total. The Kier molecular flexibility index (Phi) is 5.30. The Balaban J connectivity index is 1.92. The van der Waals surface area contributed by atoms with E-state index in [4.69, 9.17) is 5.26 Å². The minimum Gasteiger partial charge on any atom is -0.331 e. The van der Waals surface area contributed by atoms with Gasteiger partial charge in [-0.05, 0) is 36.3 Å². The third-order valence-corrected chi connectivity index (χ3v) is 4.58. The van der Waals surface area contributed by atoms with Crippen LogP contribution in [0.1, 0.15) is 57.7 Å². The number of benzene rings is 1. The minimum atomic E-state index is -0.0335. The molecule has 1 unspecified atom stereocenters. The van der Waals surface area contributed by atoms with E-state index in [0.29, 0.717) is 13.1 Å². The van der Waals surface area contributed by atoms with E-state index in [1.54, 1.807) is 0 Å². The molecule has 23 heavy (non-hydrogen) atoms. The number of nitrogens with zero attached hydrogens (tertiary/aromatic N) is 2. The Hall–Kier alpha value is -2.02. The van der Waals surface area contributed by atoms with Gasteiger partial charge in [0, 0.05) is 19.0 Å². The fourth-order valence-electron chi connectivity index (χ4n) is 2.84. The number of nitriles is 1. The van der Waals surface area contributed by atoms with Gasteiger partial charge >= 0.3 is 6.03 Å². The predicted molar refractivity (Wildman–Crippen MR) is 92.0 cm³/mol. The Labute approximate surface area is 139 Å². The van der Waals surface area contributed by atoms with Gasteiger partial charge in [-0.1, -0.05) is 45.0 Å². The summed E-state index contributed by atoms with van der Waals surface area (Å²) in [6, 6.07) is 10.7. The molecule has 1 saturated heterocycles. The van der Waals surface area contributed by atoms with E-state index in [2.05, 4.69) is 56.4 Å². The van der Waals surface area contributed by atoms with Gasteiger partial charge in [0.05, 0.1) is 12.1 Å². The van der Waals surface area contributed by atoms with Crippen LogP contribution in [-0.4, -0.2) is 24.0 Å². The summed E-state index contributed by atoms with van der Waals surface area (Å²) in [5, 5.41) is 12.0. The van der Waals surface area contributed by atoms with E-state index in [9.17, 15) is 4.79 Å². The number of carbonyl (C=O) groups is 1. The van der Waals surface area contributed by atoms with Crippen LogP contribution in [0, 0.1) is 17.2 Å². The van der Waals surface area contributed by atoms with Gasteiger partial charge in [0.2, 0.25) is 0 Å². The molecule has 1 aromatic carbocycles. The molecule has 0 spiro atoms. The number of carbonyl (C=O) groups excluding carboxylic acids is 1. The molecule has 2 amide bonds. The third kappa shape index (κ3) is 4.48. The van der Waals surface area contributed by atoms with Crippen molar-refractivity contribution in [3.8, 4) is 6.07 Å². The smallest absolute Gasteiger partial charge is 0.317 e. The normalized spacial score (nSPS) is 17.4. The first-order valence-corrected chi connectivity index (χ1v) is 8.37. The van der Waals surface area contributed by atoms with Gasteiger partial charge in [-0.25, -0.2) is 4.79 Å². The van der Waals surface area contributed by atoms with E-state index in [-0.39, 0.29) is 23.4 Å². The van der Waals surface area contributed by atoms with Crippen molar-refractivity contribution in [2.75, 3.05) is 13.1 Å². The summed E-state index contributed by atoms with van der Waals surface area (Å²) >= 11 is 0. The number of hydrogen-bond donors (Lipinski definition) is 1. The van der Waals surface area contributed by atoms with Crippen molar-refractivity contribution in [1.82, 2.24) is 10.2 Å². The molecule has 1 aliphatic heterocycles. The number of rotatable bonds is 2. The summed E-state index contributed by atoms with van der Waals surface area (Å²) < 4.78 is 0. The van der Waals surface area contributed by atoms with Crippen LogP contribution in [0.15, 0.2) is 24.3 Å². The highest BCUT2D eigenvalue weighted by molar-refractivity contribution is 5.74. The van der Waals surface area contributed by atoms with E-state index in [0.717, 1.165) is 18.4 Å². The van der Waals surface area contributed by atoms with Gasteiger partial charge in [-0.2, -0.15) is 5.26 Å². The lowest BCUT2D eigenvalue weighted by molar-refractivity contribution is 0.176. The van der Waals surface area contributed by atoms with Crippen molar-refractivity contribution in [2.24, 2.45) is 5.92 Å². The molecule has 0 saturated carbocycles. The fraction of sp³-hybridized carbons (Fsp3) is 0.579. The molecule has 1 atom stereocenters. The second-order valence-corrected chi connectivity index (χ2v) is 7.43. The zero-order chi connectivity index (χ0) is 17.0. The largest absolute Gasteiger partial charge is 0.331 e. The molecular weight excluding hydrogens is 286 g/mol. The number of piperidine rings is 1. The average Bonchev–Trinajstić information content (AvgIpc) is 2.54. The molecule has 0 aromatic heterocycles. The van der Waals surface area contributed by atoms with Crippen LogP contribution < -0.4 is 5.32 Å². The SMILES string of the molecule is CC(NC(=O)N1CCC(C#N)CC1)c1ccc(C(C)(C)C)cc1. The van der Waals surface area contributed by atoms with Crippen molar-refractivity contribution < 1.29 is 4.79 Å². The topological polar surface area (TPSA) is 56.1 Å². The highest BCUT2D eigenvalue weighted by Crippen LogP contribution is 2.24. The Morgan fingerprint density at radius 2 is 1.83 bits per heavy atom. The molecule has 1 fully saturated rings. The molecular formula is C19H27N3O. The maximum absolute atomic E-state index is 12.3. The van der Waals surface area contributed by atoms with Gasteiger partial charge in [0.25, 0.3) is 0 Å². The molecule has 0 radical (unpaired) electrons. The number of likely N-dealkylation sites (tertiary alicyclic amines) is 1. The maximum atomic E-state index is 12.3. The molecule has 1 aromatic rings. The van der Waals surface area contributed by atoms with Crippen molar-refractivity contribution in [3.63, 3.8) is 0 Å². The van der Waals surface area contributed by atoms with Crippen LogP contribution in [0.4, 0.5) is 4.79 Å². The maximum Gasteiger partial charge on any atom is 0.317 e. The predicted octanol–water partition coefficient (Wildman–Crippen LogP) is 3.99. The summed E-state index contributed by atoms with van der Waals surface area (Å²) in [6.45, 7) is 9.92. The highest BCUT2D eigenvalue weighted by atomic mass is 16.2. The average molecular weight is 313 g/mol. The summed E-state index contributed by atoms with van der Waals surface area (Å²) in [6.07, 6.45) is 1.55. The van der Waals surface area contributed by atoms with E-state index < -0.39 is 0 Å². The van der Waals surface area contributed by atoms with Crippen LogP contribution in [0.3, 0.4) is 0 Å². The second-order valence-electron chi connectivity index (χ2n) is 7.43. The lowest BCUT2D eigenvalue weighted by atomic mass is 9.86. The summed E-state index contributed by atoms with van der Waals surface area (Å²) in [5.74, 6) is 0.0985. The Morgan fingerprint density at radius 3 is 2.30 bits per heavy atom. The third-order valence-electron chi connectivity index (χ3n) is 4.58. The Morgan fingerprint density at radius 1 is 1.26 bits per heavy atom.